The first-order valence-electron chi connectivity index (χ1n) is 12.6. The van der Waals surface area contributed by atoms with Crippen LogP contribution in [-0.2, 0) is 15.7 Å². The van der Waals surface area contributed by atoms with Crippen molar-refractivity contribution in [3.05, 3.63) is 46.7 Å². The Hall–Kier alpha value is -3.28. The summed E-state index contributed by atoms with van der Waals surface area (Å²) in [7, 11) is 1.47. The molecule has 0 saturated carbocycles. The minimum atomic E-state index is -4.69. The van der Waals surface area contributed by atoms with E-state index in [2.05, 4.69) is 10.6 Å². The van der Waals surface area contributed by atoms with Crippen LogP contribution in [0.2, 0.25) is 0 Å². The minimum Gasteiger partial charge on any atom is -0.463 e. The Morgan fingerprint density at radius 3 is 2.42 bits per heavy atom. The van der Waals surface area contributed by atoms with Gasteiger partial charge in [0.2, 0.25) is 0 Å². The monoisotopic (exact) mass is 539 g/mol. The van der Waals surface area contributed by atoms with Crippen LogP contribution in [-0.4, -0.2) is 84.6 Å². The van der Waals surface area contributed by atoms with Crippen LogP contribution >= 0.6 is 0 Å². The molecule has 2 aliphatic heterocycles. The summed E-state index contributed by atoms with van der Waals surface area (Å²) in [5.74, 6) is -0.794. The molecule has 210 valence electrons. The normalized spacial score (nSPS) is 19.7. The van der Waals surface area contributed by atoms with E-state index in [0.29, 0.717) is 32.6 Å². The molecular formula is C26H36F3N5O4. The highest BCUT2D eigenvalue weighted by molar-refractivity contribution is 5.95. The molecule has 2 aliphatic rings. The number of likely N-dealkylation sites (N-methyl/N-ethyl adjacent to an activating group) is 1. The van der Waals surface area contributed by atoms with Gasteiger partial charge in [0.25, 0.3) is 0 Å². The van der Waals surface area contributed by atoms with Gasteiger partial charge in [-0.1, -0.05) is 18.2 Å². The van der Waals surface area contributed by atoms with Crippen molar-refractivity contribution in [3.8, 4) is 0 Å². The summed E-state index contributed by atoms with van der Waals surface area (Å²) in [5, 5.41) is 5.50. The van der Waals surface area contributed by atoms with E-state index in [0.717, 1.165) is 6.07 Å². The molecule has 2 N–H and O–H groups in total. The molecule has 9 nitrogen and oxygen atoms in total. The van der Waals surface area contributed by atoms with Gasteiger partial charge in [-0.15, -0.1) is 0 Å². The summed E-state index contributed by atoms with van der Waals surface area (Å²) in [6.07, 6.45) is -4.04. The lowest BCUT2D eigenvalue weighted by molar-refractivity contribution is -0.141. The summed E-state index contributed by atoms with van der Waals surface area (Å²) >= 11 is 0. The molecule has 4 amide bonds. The molecule has 0 aromatic heterocycles. The summed E-state index contributed by atoms with van der Waals surface area (Å²) < 4.78 is 46.9. The average molecular weight is 540 g/mol. The third kappa shape index (κ3) is 6.97. The van der Waals surface area contributed by atoms with Crippen LogP contribution in [0.1, 0.15) is 51.3 Å². The van der Waals surface area contributed by atoms with E-state index in [1.54, 1.807) is 11.8 Å². The van der Waals surface area contributed by atoms with Crippen LogP contribution in [0.3, 0.4) is 0 Å². The van der Waals surface area contributed by atoms with Crippen molar-refractivity contribution in [3.63, 3.8) is 0 Å². The van der Waals surface area contributed by atoms with Crippen LogP contribution in [0, 0.1) is 0 Å². The zero-order chi connectivity index (χ0) is 28.3. The minimum absolute atomic E-state index is 0.0163. The number of urea groups is 2. The second-order valence-corrected chi connectivity index (χ2v) is 10.4. The van der Waals surface area contributed by atoms with Gasteiger partial charge >= 0.3 is 24.2 Å². The van der Waals surface area contributed by atoms with Crippen LogP contribution in [0.25, 0.3) is 0 Å². The lowest BCUT2D eigenvalue weighted by atomic mass is 9.90. The summed E-state index contributed by atoms with van der Waals surface area (Å²) in [6, 6.07) is 2.73. The van der Waals surface area contributed by atoms with Gasteiger partial charge < -0.3 is 20.3 Å². The number of amides is 4. The lowest BCUT2D eigenvalue weighted by Gasteiger charge is -2.37. The Balaban J connectivity index is 1.97. The molecule has 1 aromatic carbocycles. The van der Waals surface area contributed by atoms with Crippen molar-refractivity contribution in [1.82, 2.24) is 25.3 Å². The number of alkyl halides is 3. The zero-order valence-corrected chi connectivity index (χ0v) is 22.4. The van der Waals surface area contributed by atoms with E-state index in [9.17, 15) is 27.6 Å². The van der Waals surface area contributed by atoms with E-state index in [-0.39, 0.29) is 41.6 Å². The van der Waals surface area contributed by atoms with Gasteiger partial charge in [-0.3, -0.25) is 9.80 Å². The van der Waals surface area contributed by atoms with Gasteiger partial charge in [0.1, 0.15) is 0 Å². The second kappa shape index (κ2) is 11.6. The van der Waals surface area contributed by atoms with Crippen LogP contribution in [0.4, 0.5) is 22.8 Å². The van der Waals surface area contributed by atoms with Gasteiger partial charge in [0.15, 0.2) is 0 Å². The molecular weight excluding hydrogens is 503 g/mol. The number of ether oxygens (including phenoxy) is 1. The fourth-order valence-electron chi connectivity index (χ4n) is 4.58. The van der Waals surface area contributed by atoms with Gasteiger partial charge in [-0.2, -0.15) is 13.2 Å². The molecule has 0 bridgehead atoms. The number of carbonyl (C=O) groups excluding carboxylic acids is 3. The topological polar surface area (TPSA) is 94.2 Å². The zero-order valence-electron chi connectivity index (χ0n) is 22.4. The van der Waals surface area contributed by atoms with Crippen molar-refractivity contribution in [2.75, 3.05) is 46.4 Å². The Bertz CT molecular complexity index is 1080. The molecule has 38 heavy (non-hydrogen) atoms. The SMILES string of the molecule is CCOC(=O)C1=C(CN2CCCN(C(=O)NC(C)(C)C)CC2)N(C)C(=O)N[C@H]1c1ccccc1C(F)(F)F. The number of hydrogen-bond donors (Lipinski definition) is 2. The highest BCUT2D eigenvalue weighted by atomic mass is 19.4. The summed E-state index contributed by atoms with van der Waals surface area (Å²) in [5.41, 5.74) is -1.34. The number of esters is 1. The van der Waals surface area contributed by atoms with Crippen molar-refractivity contribution in [2.45, 2.75) is 51.9 Å². The van der Waals surface area contributed by atoms with Crippen molar-refractivity contribution < 1.29 is 32.3 Å². The molecule has 2 heterocycles. The highest BCUT2D eigenvalue weighted by Gasteiger charge is 2.42. The predicted octanol–water partition coefficient (Wildman–Crippen LogP) is 3.73. The molecule has 1 fully saturated rings. The van der Waals surface area contributed by atoms with Crippen LogP contribution in [0.15, 0.2) is 35.5 Å². The van der Waals surface area contributed by atoms with E-state index < -0.39 is 29.8 Å². The fraction of sp³-hybridized carbons (Fsp3) is 0.577. The van der Waals surface area contributed by atoms with Gasteiger partial charge in [0, 0.05) is 51.0 Å². The average Bonchev–Trinajstić information content (AvgIpc) is 3.06. The maximum absolute atomic E-state index is 13.9. The Morgan fingerprint density at radius 1 is 1.11 bits per heavy atom. The third-order valence-electron chi connectivity index (χ3n) is 6.38. The van der Waals surface area contributed by atoms with Crippen molar-refractivity contribution in [2.24, 2.45) is 0 Å². The fourth-order valence-corrected chi connectivity index (χ4v) is 4.58. The molecule has 1 saturated heterocycles. The highest BCUT2D eigenvalue weighted by Crippen LogP contribution is 2.39. The molecule has 0 unspecified atom stereocenters. The first kappa shape index (κ1) is 29.3. The Labute approximate surface area is 221 Å². The largest absolute Gasteiger partial charge is 0.463 e. The number of nitrogens with zero attached hydrogens (tertiary/aromatic N) is 3. The lowest BCUT2D eigenvalue weighted by Crippen LogP contribution is -2.50. The number of hydrogen-bond acceptors (Lipinski definition) is 5. The predicted molar refractivity (Wildman–Crippen MR) is 135 cm³/mol. The molecule has 12 heteroatoms. The van der Waals surface area contributed by atoms with Crippen molar-refractivity contribution in [1.29, 1.82) is 0 Å². The second-order valence-electron chi connectivity index (χ2n) is 10.4. The van der Waals surface area contributed by atoms with E-state index in [1.807, 2.05) is 25.7 Å². The van der Waals surface area contributed by atoms with Gasteiger partial charge in [0.05, 0.1) is 23.8 Å². The quantitative estimate of drug-likeness (QED) is 0.557. The van der Waals surface area contributed by atoms with E-state index >= 15 is 0 Å². The molecule has 0 spiro atoms. The summed E-state index contributed by atoms with van der Waals surface area (Å²) in [6.45, 7) is 9.41. The summed E-state index contributed by atoms with van der Waals surface area (Å²) in [4.78, 5) is 43.7. The maximum Gasteiger partial charge on any atom is 0.416 e. The van der Waals surface area contributed by atoms with Gasteiger partial charge in [-0.25, -0.2) is 14.4 Å². The van der Waals surface area contributed by atoms with E-state index in [1.165, 1.54) is 30.1 Å². The Kier molecular flexibility index (Phi) is 8.96. The van der Waals surface area contributed by atoms with E-state index in [4.69, 9.17) is 4.74 Å². The molecule has 3 rings (SSSR count). The molecule has 1 atom stereocenters. The number of halogens is 3. The Morgan fingerprint density at radius 2 is 1.79 bits per heavy atom. The first-order valence-corrected chi connectivity index (χ1v) is 12.6. The number of rotatable bonds is 5. The van der Waals surface area contributed by atoms with Crippen LogP contribution in [0.5, 0.6) is 0 Å². The molecule has 0 aliphatic carbocycles. The number of nitrogens with one attached hydrogen (secondary N) is 2. The smallest absolute Gasteiger partial charge is 0.416 e. The number of benzene rings is 1. The van der Waals surface area contributed by atoms with Crippen LogP contribution < -0.4 is 10.6 Å². The number of carbonyl (C=O) groups is 3. The molecule has 0 radical (unpaired) electrons. The standard InChI is InChI=1S/C26H36F3N5O4/c1-6-38-22(35)20-19(16-33-12-9-13-34(15-14-33)24(37)31-25(2,3)4)32(5)23(36)30-21(20)17-10-7-8-11-18(17)26(27,28)29/h7-8,10-11,21H,6,9,12-16H2,1-5H3,(H,30,36)(H,31,37)/t21-/m0/s1. The maximum atomic E-state index is 13.9. The molecule has 1 aromatic rings. The first-order chi connectivity index (χ1) is 17.7. The third-order valence-corrected chi connectivity index (χ3v) is 6.38. The van der Waals surface area contributed by atoms with Crippen molar-refractivity contribution >= 4 is 18.0 Å². The van der Waals surface area contributed by atoms with Gasteiger partial charge in [-0.05, 0) is 45.7 Å².